The molecule has 0 aliphatic heterocycles. The highest BCUT2D eigenvalue weighted by atomic mass is 16.4. The number of carboxylic acid groups (broad SMARTS) is 1. The first kappa shape index (κ1) is 12.1. The van der Waals surface area contributed by atoms with Crippen LogP contribution in [0.25, 0.3) is 0 Å². The number of nitrogens with two attached hydrogens (primary N) is 1. The van der Waals surface area contributed by atoms with E-state index in [0.29, 0.717) is 11.5 Å². The van der Waals surface area contributed by atoms with E-state index in [1.165, 1.54) is 32.1 Å². The Bertz CT molecular complexity index is 380. The van der Waals surface area contributed by atoms with E-state index >= 15 is 0 Å². The molecule has 0 heterocycles. The predicted octanol–water partition coefficient (Wildman–Crippen LogP) is 2.96. The van der Waals surface area contributed by atoms with Gasteiger partial charge >= 0.3 is 5.97 Å². The number of rotatable bonds is 3. The van der Waals surface area contributed by atoms with Gasteiger partial charge < -0.3 is 10.8 Å². The Kier molecular flexibility index (Phi) is 3.79. The third-order valence-electron chi connectivity index (χ3n) is 3.70. The van der Waals surface area contributed by atoms with Crippen molar-refractivity contribution < 1.29 is 9.90 Å². The number of hydrogen-bond acceptors (Lipinski definition) is 2. The Hall–Kier alpha value is -1.35. The van der Waals surface area contributed by atoms with Gasteiger partial charge in [0.15, 0.2) is 0 Å². The van der Waals surface area contributed by atoms with Gasteiger partial charge in [0.1, 0.15) is 0 Å². The fourth-order valence-electron chi connectivity index (χ4n) is 2.61. The number of aromatic carboxylic acids is 1. The Balaban J connectivity index is 2.07. The molecule has 0 spiro atoms. The lowest BCUT2D eigenvalue weighted by Crippen LogP contribution is -2.23. The van der Waals surface area contributed by atoms with Gasteiger partial charge in [0.25, 0.3) is 0 Å². The molecule has 1 aliphatic rings. The zero-order valence-electron chi connectivity index (χ0n) is 9.93. The summed E-state index contributed by atoms with van der Waals surface area (Å²) in [5, 5.41) is 8.83. The molecule has 2 rings (SSSR count). The largest absolute Gasteiger partial charge is 0.478 e. The Morgan fingerprint density at radius 2 is 1.76 bits per heavy atom. The van der Waals surface area contributed by atoms with Crippen molar-refractivity contribution in [2.45, 2.75) is 38.1 Å². The highest BCUT2D eigenvalue weighted by Crippen LogP contribution is 2.32. The molecule has 3 N–H and O–H groups in total. The van der Waals surface area contributed by atoms with Crippen LogP contribution < -0.4 is 5.73 Å². The molecule has 0 aromatic heterocycles. The van der Waals surface area contributed by atoms with Crippen molar-refractivity contribution in [3.05, 3.63) is 35.4 Å². The Labute approximate surface area is 102 Å². The molecule has 0 unspecified atom stereocenters. The first-order valence-corrected chi connectivity index (χ1v) is 6.27. The highest BCUT2D eigenvalue weighted by molar-refractivity contribution is 5.87. The van der Waals surface area contributed by atoms with Crippen LogP contribution in [-0.4, -0.2) is 11.1 Å². The van der Waals surface area contributed by atoms with Crippen LogP contribution in [0.1, 0.15) is 54.1 Å². The normalized spacial score (nSPS) is 18.9. The van der Waals surface area contributed by atoms with Gasteiger partial charge in [-0.1, -0.05) is 31.4 Å². The molecule has 17 heavy (non-hydrogen) atoms. The molecule has 1 saturated carbocycles. The van der Waals surface area contributed by atoms with Crippen molar-refractivity contribution in [3.63, 3.8) is 0 Å². The third kappa shape index (κ3) is 2.86. The summed E-state index contributed by atoms with van der Waals surface area (Å²) in [4.78, 5) is 10.8. The van der Waals surface area contributed by atoms with E-state index in [9.17, 15) is 4.79 Å². The standard InChI is InChI=1S/C14H19NO2/c15-13(10-4-2-1-3-5-10)11-6-8-12(9-7-11)14(16)17/h6-10,13H,1-5,15H2,(H,16,17)/t13-/m0/s1. The predicted molar refractivity (Wildman–Crippen MR) is 66.9 cm³/mol. The SMILES string of the molecule is N[C@H](c1ccc(C(=O)O)cc1)C1CCCCC1. The Morgan fingerprint density at radius 1 is 1.18 bits per heavy atom. The molecule has 0 radical (unpaired) electrons. The molecule has 0 bridgehead atoms. The summed E-state index contributed by atoms with van der Waals surface area (Å²) in [6, 6.07) is 7.03. The second-order valence-electron chi connectivity index (χ2n) is 4.85. The average molecular weight is 233 g/mol. The number of carbonyl (C=O) groups is 1. The van der Waals surface area contributed by atoms with Crippen molar-refractivity contribution in [2.75, 3.05) is 0 Å². The summed E-state index contributed by atoms with van der Waals surface area (Å²) in [5.41, 5.74) is 7.63. The van der Waals surface area contributed by atoms with Gasteiger partial charge in [0, 0.05) is 6.04 Å². The van der Waals surface area contributed by atoms with Crippen molar-refractivity contribution in [2.24, 2.45) is 11.7 Å². The van der Waals surface area contributed by atoms with Crippen LogP contribution >= 0.6 is 0 Å². The van der Waals surface area contributed by atoms with Gasteiger partial charge in [-0.15, -0.1) is 0 Å². The maximum Gasteiger partial charge on any atom is 0.335 e. The van der Waals surface area contributed by atoms with Gasteiger partial charge in [0.2, 0.25) is 0 Å². The van der Waals surface area contributed by atoms with Crippen molar-refractivity contribution in [1.82, 2.24) is 0 Å². The topological polar surface area (TPSA) is 63.3 Å². The molecule has 1 atom stereocenters. The monoisotopic (exact) mass is 233 g/mol. The Morgan fingerprint density at radius 3 is 2.29 bits per heavy atom. The minimum absolute atomic E-state index is 0.0538. The number of benzene rings is 1. The van der Waals surface area contributed by atoms with Gasteiger partial charge in [-0.2, -0.15) is 0 Å². The van der Waals surface area contributed by atoms with E-state index in [1.807, 2.05) is 12.1 Å². The second-order valence-corrected chi connectivity index (χ2v) is 4.85. The van der Waals surface area contributed by atoms with Crippen LogP contribution in [-0.2, 0) is 0 Å². The lowest BCUT2D eigenvalue weighted by Gasteiger charge is -2.27. The minimum atomic E-state index is -0.886. The van der Waals surface area contributed by atoms with Crippen LogP contribution in [0.15, 0.2) is 24.3 Å². The molecule has 0 amide bonds. The molecule has 3 heteroatoms. The quantitative estimate of drug-likeness (QED) is 0.843. The first-order chi connectivity index (χ1) is 8.18. The highest BCUT2D eigenvalue weighted by Gasteiger charge is 2.21. The van der Waals surface area contributed by atoms with Crippen molar-refractivity contribution >= 4 is 5.97 Å². The van der Waals surface area contributed by atoms with Crippen molar-refractivity contribution in [3.8, 4) is 0 Å². The lowest BCUT2D eigenvalue weighted by molar-refractivity contribution is 0.0697. The summed E-state index contributed by atoms with van der Waals surface area (Å²) >= 11 is 0. The molecule has 1 aromatic carbocycles. The van der Waals surface area contributed by atoms with Gasteiger partial charge in [0.05, 0.1) is 5.56 Å². The van der Waals surface area contributed by atoms with Gasteiger partial charge in [-0.25, -0.2) is 4.79 Å². The zero-order valence-corrected chi connectivity index (χ0v) is 9.93. The lowest BCUT2D eigenvalue weighted by atomic mass is 9.81. The molecule has 1 aliphatic carbocycles. The van der Waals surface area contributed by atoms with Gasteiger partial charge in [-0.05, 0) is 36.5 Å². The molecule has 3 nitrogen and oxygen atoms in total. The number of carboxylic acids is 1. The van der Waals surface area contributed by atoms with E-state index in [-0.39, 0.29) is 6.04 Å². The van der Waals surface area contributed by atoms with E-state index in [4.69, 9.17) is 10.8 Å². The van der Waals surface area contributed by atoms with E-state index in [2.05, 4.69) is 0 Å². The average Bonchev–Trinajstić information content (AvgIpc) is 2.39. The summed E-state index contributed by atoms with van der Waals surface area (Å²) in [5.74, 6) is -0.331. The molecule has 92 valence electrons. The molecule has 1 fully saturated rings. The summed E-state index contributed by atoms with van der Waals surface area (Å²) in [6.07, 6.45) is 6.25. The van der Waals surface area contributed by atoms with E-state index in [1.54, 1.807) is 12.1 Å². The first-order valence-electron chi connectivity index (χ1n) is 6.27. The summed E-state index contributed by atoms with van der Waals surface area (Å²) in [7, 11) is 0. The third-order valence-corrected chi connectivity index (χ3v) is 3.70. The summed E-state index contributed by atoms with van der Waals surface area (Å²) < 4.78 is 0. The molecular formula is C14H19NO2. The van der Waals surface area contributed by atoms with Crippen LogP contribution in [0.3, 0.4) is 0 Å². The fourth-order valence-corrected chi connectivity index (χ4v) is 2.61. The molecular weight excluding hydrogens is 214 g/mol. The number of hydrogen-bond donors (Lipinski definition) is 2. The maximum atomic E-state index is 10.8. The second kappa shape index (κ2) is 5.32. The van der Waals surface area contributed by atoms with Crippen LogP contribution in [0.2, 0.25) is 0 Å². The minimum Gasteiger partial charge on any atom is -0.478 e. The maximum absolute atomic E-state index is 10.8. The van der Waals surface area contributed by atoms with Crippen LogP contribution in [0.4, 0.5) is 0 Å². The van der Waals surface area contributed by atoms with E-state index in [0.717, 1.165) is 5.56 Å². The van der Waals surface area contributed by atoms with Crippen molar-refractivity contribution in [1.29, 1.82) is 0 Å². The smallest absolute Gasteiger partial charge is 0.335 e. The zero-order chi connectivity index (χ0) is 12.3. The van der Waals surface area contributed by atoms with E-state index < -0.39 is 5.97 Å². The molecule has 1 aromatic rings. The van der Waals surface area contributed by atoms with Crippen LogP contribution in [0.5, 0.6) is 0 Å². The van der Waals surface area contributed by atoms with Gasteiger partial charge in [-0.3, -0.25) is 0 Å². The van der Waals surface area contributed by atoms with Crippen LogP contribution in [0, 0.1) is 5.92 Å². The summed E-state index contributed by atoms with van der Waals surface area (Å²) in [6.45, 7) is 0. The molecule has 0 saturated heterocycles. The fraction of sp³-hybridized carbons (Fsp3) is 0.500.